The van der Waals surface area contributed by atoms with Crippen LogP contribution in [0.1, 0.15) is 39.3 Å². The van der Waals surface area contributed by atoms with Gasteiger partial charge in [0.25, 0.3) is 5.91 Å². The number of aryl methyl sites for hydroxylation is 2. The highest BCUT2D eigenvalue weighted by atomic mass is 19.4. The fourth-order valence-electron chi connectivity index (χ4n) is 5.00. The van der Waals surface area contributed by atoms with E-state index < -0.39 is 17.6 Å². The van der Waals surface area contributed by atoms with E-state index in [1.165, 1.54) is 12.1 Å². The molecule has 9 nitrogen and oxygen atoms in total. The Hall–Kier alpha value is -4.42. The zero-order valence-corrected chi connectivity index (χ0v) is 24.4. The van der Waals surface area contributed by atoms with Crippen molar-refractivity contribution in [1.29, 1.82) is 0 Å². The van der Waals surface area contributed by atoms with E-state index in [-0.39, 0.29) is 17.7 Å². The van der Waals surface area contributed by atoms with E-state index in [4.69, 9.17) is 0 Å². The van der Waals surface area contributed by atoms with Crippen LogP contribution in [0.2, 0.25) is 0 Å². The Morgan fingerprint density at radius 1 is 1.05 bits per heavy atom. The molecule has 12 heteroatoms. The molecule has 4 aromatic rings. The molecule has 1 atom stereocenters. The maximum atomic E-state index is 14.1. The van der Waals surface area contributed by atoms with Gasteiger partial charge >= 0.3 is 6.18 Å². The number of alkyl halides is 3. The summed E-state index contributed by atoms with van der Waals surface area (Å²) in [6, 6.07) is 11.0. The van der Waals surface area contributed by atoms with E-state index in [2.05, 4.69) is 35.5 Å². The van der Waals surface area contributed by atoms with Crippen molar-refractivity contribution in [3.05, 3.63) is 89.1 Å². The molecule has 43 heavy (non-hydrogen) atoms. The van der Waals surface area contributed by atoms with Gasteiger partial charge in [0.05, 0.1) is 11.3 Å². The van der Waals surface area contributed by atoms with Gasteiger partial charge in [0.2, 0.25) is 5.95 Å². The number of amides is 1. The minimum atomic E-state index is -4.59. The van der Waals surface area contributed by atoms with Crippen LogP contribution in [0.4, 0.5) is 30.5 Å². The number of rotatable bonds is 8. The predicted molar refractivity (Wildman–Crippen MR) is 159 cm³/mol. The van der Waals surface area contributed by atoms with Gasteiger partial charge in [-0.05, 0) is 75.8 Å². The first-order valence-electron chi connectivity index (χ1n) is 13.9. The molecule has 1 aliphatic rings. The van der Waals surface area contributed by atoms with Crippen molar-refractivity contribution in [2.45, 2.75) is 39.0 Å². The number of carbonyl (C=O) groups is 1. The number of anilines is 3. The minimum Gasteiger partial charge on any atom is -0.324 e. The Labute approximate surface area is 248 Å². The molecule has 0 aliphatic carbocycles. The Kier molecular flexibility index (Phi) is 8.69. The number of likely N-dealkylation sites (tertiary alicyclic amines) is 1. The quantitative estimate of drug-likeness (QED) is 0.270. The van der Waals surface area contributed by atoms with Crippen LogP contribution >= 0.6 is 0 Å². The average molecular weight is 591 g/mol. The van der Waals surface area contributed by atoms with Gasteiger partial charge < -0.3 is 15.5 Å². The monoisotopic (exact) mass is 590 g/mol. The maximum Gasteiger partial charge on any atom is 0.416 e. The SMILES string of the molecule is Cc1ncc(-c2ccnc(Nc3cc(NC(=O)c4ccc(CN5CC[C@H](N(C)C)C5)c(C(F)(F)F)c4)ccc3C)n2)cn1. The summed E-state index contributed by atoms with van der Waals surface area (Å²) in [5.74, 6) is 0.333. The molecule has 0 saturated carbocycles. The molecule has 0 radical (unpaired) electrons. The van der Waals surface area contributed by atoms with E-state index in [9.17, 15) is 18.0 Å². The van der Waals surface area contributed by atoms with Gasteiger partial charge in [0.15, 0.2) is 0 Å². The van der Waals surface area contributed by atoms with Gasteiger partial charge in [-0.3, -0.25) is 9.69 Å². The van der Waals surface area contributed by atoms with Crippen molar-refractivity contribution in [1.82, 2.24) is 29.7 Å². The van der Waals surface area contributed by atoms with Gasteiger partial charge in [-0.15, -0.1) is 0 Å². The molecule has 0 bridgehead atoms. The average Bonchev–Trinajstić information content (AvgIpc) is 3.44. The molecule has 2 N–H and O–H groups in total. The maximum absolute atomic E-state index is 14.1. The summed E-state index contributed by atoms with van der Waals surface area (Å²) in [4.78, 5) is 34.4. The Morgan fingerprint density at radius 3 is 2.51 bits per heavy atom. The third kappa shape index (κ3) is 7.33. The molecule has 1 amide bonds. The number of benzene rings is 2. The summed E-state index contributed by atoms with van der Waals surface area (Å²) in [7, 11) is 3.95. The minimum absolute atomic E-state index is 0.0740. The normalized spacial score (nSPS) is 15.6. The van der Waals surface area contributed by atoms with Crippen LogP contribution in [-0.4, -0.2) is 68.9 Å². The molecule has 2 aromatic carbocycles. The second-order valence-corrected chi connectivity index (χ2v) is 10.9. The number of nitrogens with one attached hydrogen (secondary N) is 2. The number of hydrogen-bond acceptors (Lipinski definition) is 8. The fraction of sp³-hybridized carbons (Fsp3) is 0.323. The van der Waals surface area contributed by atoms with E-state index >= 15 is 0 Å². The van der Waals surface area contributed by atoms with Crippen LogP contribution in [0.3, 0.4) is 0 Å². The van der Waals surface area contributed by atoms with Crippen LogP contribution in [0.25, 0.3) is 11.3 Å². The standard InChI is InChI=1S/C31H33F3N8O/c1-19-5-8-24(14-28(19)40-30-35-11-9-27(39-30)23-15-36-20(2)37-16-23)38-29(43)21-6-7-22(26(13-21)31(32,33)34)17-42-12-10-25(18-42)41(3)4/h5-9,11,13-16,25H,10,12,17-18H2,1-4H3,(H,38,43)(H,35,39,40)/t25-/m0/s1. The molecule has 0 unspecified atom stereocenters. The molecule has 0 spiro atoms. The highest BCUT2D eigenvalue weighted by Crippen LogP contribution is 2.34. The molecule has 1 fully saturated rings. The van der Waals surface area contributed by atoms with Crippen LogP contribution in [-0.2, 0) is 12.7 Å². The zero-order chi connectivity index (χ0) is 30.7. The van der Waals surface area contributed by atoms with Crippen molar-refractivity contribution in [2.24, 2.45) is 0 Å². The summed E-state index contributed by atoms with van der Waals surface area (Å²) in [5, 5.41) is 5.88. The van der Waals surface area contributed by atoms with Gasteiger partial charge in [0.1, 0.15) is 5.82 Å². The molecular weight excluding hydrogens is 557 g/mol. The van der Waals surface area contributed by atoms with Crippen LogP contribution in [0, 0.1) is 13.8 Å². The second kappa shape index (κ2) is 12.4. The lowest BCUT2D eigenvalue weighted by Gasteiger charge is -2.22. The topological polar surface area (TPSA) is 99.2 Å². The molecule has 5 rings (SSSR count). The highest BCUT2D eigenvalue weighted by molar-refractivity contribution is 6.04. The number of halogens is 3. The van der Waals surface area contributed by atoms with Crippen molar-refractivity contribution in [2.75, 3.05) is 37.8 Å². The number of hydrogen-bond donors (Lipinski definition) is 2. The van der Waals surface area contributed by atoms with Crippen LogP contribution in [0.5, 0.6) is 0 Å². The largest absolute Gasteiger partial charge is 0.416 e. The lowest BCUT2D eigenvalue weighted by molar-refractivity contribution is -0.138. The first kappa shape index (κ1) is 30.1. The van der Waals surface area contributed by atoms with Crippen molar-refractivity contribution < 1.29 is 18.0 Å². The smallest absolute Gasteiger partial charge is 0.324 e. The van der Waals surface area contributed by atoms with Gasteiger partial charge in [-0.2, -0.15) is 13.2 Å². The lowest BCUT2D eigenvalue weighted by Crippen LogP contribution is -2.31. The Balaban J connectivity index is 1.31. The van der Waals surface area contributed by atoms with Crippen LogP contribution < -0.4 is 10.6 Å². The van der Waals surface area contributed by atoms with Gasteiger partial charge in [0, 0.05) is 66.8 Å². The highest BCUT2D eigenvalue weighted by Gasteiger charge is 2.35. The molecule has 1 saturated heterocycles. The summed E-state index contributed by atoms with van der Waals surface area (Å²) in [6.45, 7) is 5.27. The molecule has 2 aromatic heterocycles. The number of nitrogens with zero attached hydrogens (tertiary/aromatic N) is 6. The lowest BCUT2D eigenvalue weighted by atomic mass is 10.0. The zero-order valence-electron chi connectivity index (χ0n) is 24.4. The van der Waals surface area contributed by atoms with E-state index in [1.807, 2.05) is 25.9 Å². The number of likely N-dealkylation sites (N-methyl/N-ethyl adjacent to an activating group) is 1. The number of carbonyl (C=O) groups excluding carboxylic acids is 1. The molecule has 1 aliphatic heterocycles. The van der Waals surface area contributed by atoms with E-state index in [0.29, 0.717) is 41.4 Å². The first-order chi connectivity index (χ1) is 20.5. The second-order valence-electron chi connectivity index (χ2n) is 10.9. The molecule has 224 valence electrons. The van der Waals surface area contributed by atoms with E-state index in [0.717, 1.165) is 30.2 Å². The van der Waals surface area contributed by atoms with Crippen molar-refractivity contribution in [3.63, 3.8) is 0 Å². The van der Waals surface area contributed by atoms with Crippen molar-refractivity contribution in [3.8, 4) is 11.3 Å². The summed E-state index contributed by atoms with van der Waals surface area (Å²) >= 11 is 0. The Morgan fingerprint density at radius 2 is 1.81 bits per heavy atom. The summed E-state index contributed by atoms with van der Waals surface area (Å²) in [6.07, 6.45) is 1.28. The van der Waals surface area contributed by atoms with E-state index in [1.54, 1.807) is 49.8 Å². The third-order valence-electron chi connectivity index (χ3n) is 7.52. The predicted octanol–water partition coefficient (Wildman–Crippen LogP) is 5.70. The molecule has 3 heterocycles. The Bertz CT molecular complexity index is 1610. The summed E-state index contributed by atoms with van der Waals surface area (Å²) in [5.41, 5.74) is 2.54. The molecular formula is C31H33F3N8O. The van der Waals surface area contributed by atoms with Crippen LogP contribution in [0.15, 0.2) is 61.1 Å². The van der Waals surface area contributed by atoms with Gasteiger partial charge in [-0.25, -0.2) is 19.9 Å². The summed E-state index contributed by atoms with van der Waals surface area (Å²) < 4.78 is 42.2. The first-order valence-corrected chi connectivity index (χ1v) is 13.9. The third-order valence-corrected chi connectivity index (χ3v) is 7.52. The fourth-order valence-corrected chi connectivity index (χ4v) is 5.00. The van der Waals surface area contributed by atoms with Gasteiger partial charge in [-0.1, -0.05) is 12.1 Å². The van der Waals surface area contributed by atoms with Crippen molar-refractivity contribution >= 4 is 23.2 Å². The number of aromatic nitrogens is 4.